The number of hydrogen-bond acceptors (Lipinski definition) is 2. The molecule has 0 aliphatic carbocycles. The molecule has 1 aromatic heterocycles. The number of alkyl halides is 2. The number of carbonyl (C=O) groups excluding carboxylic acids is 1. The first kappa shape index (κ1) is 10.6. The lowest BCUT2D eigenvalue weighted by Gasteiger charge is -2.06. The maximum Gasteiger partial charge on any atom is 0.302 e. The van der Waals surface area contributed by atoms with Crippen LogP contribution in [0, 0.1) is 0 Å². The Morgan fingerprint density at radius 1 is 1.69 bits per heavy atom. The Morgan fingerprint density at radius 2 is 2.31 bits per heavy atom. The molecule has 1 rings (SSSR count). The molecule has 0 amide bonds. The summed E-state index contributed by atoms with van der Waals surface area (Å²) in [4.78, 5) is 10.9. The monoisotopic (exact) mass is 224 g/mol. The zero-order valence-electron chi connectivity index (χ0n) is 6.81. The minimum atomic E-state index is -3.26. The molecule has 0 radical (unpaired) electrons. The maximum atomic E-state index is 12.4. The van der Waals surface area contributed by atoms with E-state index < -0.39 is 11.7 Å². The highest BCUT2D eigenvalue weighted by atomic mass is 35.5. The van der Waals surface area contributed by atoms with E-state index >= 15 is 0 Å². The quantitative estimate of drug-likeness (QED) is 0.771. The van der Waals surface area contributed by atoms with Gasteiger partial charge in [-0.15, -0.1) is 11.3 Å². The molecule has 0 saturated heterocycles. The zero-order chi connectivity index (χ0) is 10.1. The van der Waals surface area contributed by atoms with E-state index in [4.69, 9.17) is 11.6 Å². The van der Waals surface area contributed by atoms with Crippen molar-refractivity contribution in [1.82, 2.24) is 0 Å². The molecule has 1 nitrogen and oxygen atoms in total. The smallest absolute Gasteiger partial charge is 0.293 e. The van der Waals surface area contributed by atoms with Crippen LogP contribution in [0.1, 0.15) is 12.5 Å². The summed E-state index contributed by atoms with van der Waals surface area (Å²) in [5.41, 5.74) is 0.543. The molecule has 1 heterocycles. The number of carbonyl (C=O) groups is 1. The summed E-state index contributed by atoms with van der Waals surface area (Å²) in [5.74, 6) is -4.34. The van der Waals surface area contributed by atoms with Gasteiger partial charge in [-0.25, -0.2) is 0 Å². The fraction of sp³-hybridized carbons (Fsp3) is 0.375. The van der Waals surface area contributed by atoms with Gasteiger partial charge in [0.15, 0.2) is 0 Å². The normalized spacial score (nSPS) is 11.7. The van der Waals surface area contributed by atoms with Crippen LogP contribution in [-0.2, 0) is 11.2 Å². The van der Waals surface area contributed by atoms with E-state index in [0.717, 1.165) is 0 Å². The molecule has 0 aromatic carbocycles. The Morgan fingerprint density at radius 3 is 2.69 bits per heavy atom. The molecule has 72 valence electrons. The van der Waals surface area contributed by atoms with Gasteiger partial charge in [-0.3, -0.25) is 4.79 Å². The first-order valence-electron chi connectivity index (χ1n) is 3.53. The van der Waals surface area contributed by atoms with Crippen molar-refractivity contribution >= 4 is 28.7 Å². The average Bonchev–Trinajstić information content (AvgIpc) is 2.33. The number of rotatable bonds is 3. The van der Waals surface area contributed by atoms with Crippen LogP contribution in [0.3, 0.4) is 0 Å². The van der Waals surface area contributed by atoms with Gasteiger partial charge in [-0.2, -0.15) is 8.78 Å². The van der Waals surface area contributed by atoms with Crippen LogP contribution >= 0.6 is 22.9 Å². The lowest BCUT2D eigenvalue weighted by atomic mass is 10.1. The SMILES string of the molecule is CC(F)(F)C(=O)Cc1csc(Cl)c1. The molecular formula is C8H7ClF2OS. The van der Waals surface area contributed by atoms with E-state index in [9.17, 15) is 13.6 Å². The van der Waals surface area contributed by atoms with E-state index in [1.165, 1.54) is 17.4 Å². The summed E-state index contributed by atoms with van der Waals surface area (Å²) >= 11 is 6.80. The molecule has 0 atom stereocenters. The molecule has 0 N–H and O–H groups in total. The van der Waals surface area contributed by atoms with Crippen molar-refractivity contribution in [3.05, 3.63) is 21.3 Å². The third-order valence-electron chi connectivity index (χ3n) is 1.48. The summed E-state index contributed by atoms with van der Waals surface area (Å²) in [6, 6.07) is 1.52. The van der Waals surface area contributed by atoms with E-state index in [0.29, 0.717) is 16.8 Å². The van der Waals surface area contributed by atoms with Gasteiger partial charge in [0.2, 0.25) is 5.78 Å². The molecule has 0 saturated carbocycles. The Hall–Kier alpha value is -0.480. The number of ketones is 1. The van der Waals surface area contributed by atoms with Crippen molar-refractivity contribution in [2.45, 2.75) is 19.3 Å². The molecule has 0 fully saturated rings. The Balaban J connectivity index is 2.65. The van der Waals surface area contributed by atoms with Gasteiger partial charge in [0.25, 0.3) is 0 Å². The van der Waals surface area contributed by atoms with Gasteiger partial charge in [-0.1, -0.05) is 11.6 Å². The predicted molar refractivity (Wildman–Crippen MR) is 48.7 cm³/mol. The second-order valence-electron chi connectivity index (χ2n) is 2.75. The van der Waals surface area contributed by atoms with Crippen LogP contribution < -0.4 is 0 Å². The van der Waals surface area contributed by atoms with Crippen LogP contribution in [-0.4, -0.2) is 11.7 Å². The van der Waals surface area contributed by atoms with Gasteiger partial charge in [0.05, 0.1) is 4.34 Å². The van der Waals surface area contributed by atoms with E-state index in [1.807, 2.05) is 0 Å². The molecule has 13 heavy (non-hydrogen) atoms. The number of thiophene rings is 1. The highest BCUT2D eigenvalue weighted by molar-refractivity contribution is 7.14. The van der Waals surface area contributed by atoms with Crippen molar-refractivity contribution in [3.63, 3.8) is 0 Å². The number of hydrogen-bond donors (Lipinski definition) is 0. The molecule has 0 aliphatic heterocycles. The van der Waals surface area contributed by atoms with E-state index in [1.54, 1.807) is 5.38 Å². The van der Waals surface area contributed by atoms with Crippen LogP contribution in [0.15, 0.2) is 11.4 Å². The first-order chi connectivity index (χ1) is 5.89. The van der Waals surface area contributed by atoms with Gasteiger partial charge < -0.3 is 0 Å². The van der Waals surface area contributed by atoms with E-state index in [-0.39, 0.29) is 6.42 Å². The summed E-state index contributed by atoms with van der Waals surface area (Å²) < 4.78 is 25.4. The number of halogens is 3. The van der Waals surface area contributed by atoms with Crippen molar-refractivity contribution in [2.75, 3.05) is 0 Å². The summed E-state index contributed by atoms with van der Waals surface area (Å²) in [6.45, 7) is 0.601. The van der Waals surface area contributed by atoms with Crippen molar-refractivity contribution in [2.24, 2.45) is 0 Å². The lowest BCUT2D eigenvalue weighted by Crippen LogP contribution is -2.25. The van der Waals surface area contributed by atoms with Gasteiger partial charge in [0, 0.05) is 13.3 Å². The molecule has 0 spiro atoms. The second-order valence-corrected chi connectivity index (χ2v) is 4.29. The Labute approximate surface area is 83.3 Å². The number of Topliss-reactive ketones (excluding diaryl/α,β-unsaturated/α-hetero) is 1. The van der Waals surface area contributed by atoms with Gasteiger partial charge >= 0.3 is 5.92 Å². The highest BCUT2D eigenvalue weighted by Gasteiger charge is 2.31. The zero-order valence-corrected chi connectivity index (χ0v) is 8.38. The van der Waals surface area contributed by atoms with Crippen molar-refractivity contribution < 1.29 is 13.6 Å². The standard InChI is InChI=1S/C8H7ClF2OS/c1-8(10,11)6(12)2-5-3-7(9)13-4-5/h3-4H,2H2,1H3. The van der Waals surface area contributed by atoms with Crippen molar-refractivity contribution in [3.8, 4) is 0 Å². The molecule has 5 heteroatoms. The largest absolute Gasteiger partial charge is 0.302 e. The lowest BCUT2D eigenvalue weighted by molar-refractivity contribution is -0.139. The van der Waals surface area contributed by atoms with Crippen LogP contribution in [0.4, 0.5) is 8.78 Å². The minimum absolute atomic E-state index is 0.257. The van der Waals surface area contributed by atoms with Crippen LogP contribution in [0.5, 0.6) is 0 Å². The third-order valence-corrected chi connectivity index (χ3v) is 2.62. The first-order valence-corrected chi connectivity index (χ1v) is 4.79. The third kappa shape index (κ3) is 3.04. The van der Waals surface area contributed by atoms with Crippen molar-refractivity contribution in [1.29, 1.82) is 0 Å². The summed E-state index contributed by atoms with van der Waals surface area (Å²) in [6.07, 6.45) is -0.257. The highest BCUT2D eigenvalue weighted by Crippen LogP contribution is 2.23. The maximum absolute atomic E-state index is 12.4. The van der Waals surface area contributed by atoms with E-state index in [2.05, 4.69) is 0 Å². The molecule has 0 aliphatic rings. The van der Waals surface area contributed by atoms with Crippen LogP contribution in [0.2, 0.25) is 4.34 Å². The average molecular weight is 225 g/mol. The fourth-order valence-corrected chi connectivity index (χ4v) is 1.69. The van der Waals surface area contributed by atoms with Gasteiger partial charge in [0.1, 0.15) is 0 Å². The van der Waals surface area contributed by atoms with Crippen LogP contribution in [0.25, 0.3) is 0 Å². The summed E-state index contributed by atoms with van der Waals surface area (Å²) in [7, 11) is 0. The topological polar surface area (TPSA) is 17.1 Å². The minimum Gasteiger partial charge on any atom is -0.293 e. The molecule has 0 bridgehead atoms. The Bertz CT molecular complexity index is 316. The predicted octanol–water partition coefficient (Wildman–Crippen LogP) is 3.17. The second kappa shape index (κ2) is 3.72. The molecule has 0 unspecified atom stereocenters. The molecular weight excluding hydrogens is 218 g/mol. The summed E-state index contributed by atoms with van der Waals surface area (Å²) in [5, 5.41) is 1.60. The van der Waals surface area contributed by atoms with Gasteiger partial charge in [-0.05, 0) is 17.0 Å². The Kier molecular flexibility index (Phi) is 3.03. The molecule has 1 aromatic rings. The fourth-order valence-electron chi connectivity index (χ4n) is 0.779.